The number of nitrogens with zero attached hydrogens (tertiary/aromatic N) is 1. The highest BCUT2D eigenvalue weighted by molar-refractivity contribution is 5.30. The van der Waals surface area contributed by atoms with E-state index in [1.807, 2.05) is 32.1 Å². The number of hydrogen-bond acceptors (Lipinski definition) is 3. The molecule has 84 valence electrons. The van der Waals surface area contributed by atoms with E-state index in [1.165, 1.54) is 13.2 Å². The number of methoxy groups -OCH3 is 1. The van der Waals surface area contributed by atoms with Gasteiger partial charge in [0.25, 0.3) is 0 Å². The van der Waals surface area contributed by atoms with E-state index < -0.39 is 0 Å². The third kappa shape index (κ3) is 3.18. The maximum atomic E-state index is 13.4. The van der Waals surface area contributed by atoms with Crippen molar-refractivity contribution in [2.45, 2.75) is 13.0 Å². The summed E-state index contributed by atoms with van der Waals surface area (Å²) in [6, 6.07) is 5.04. The average molecular weight is 212 g/mol. The summed E-state index contributed by atoms with van der Waals surface area (Å²) < 4.78 is 18.2. The van der Waals surface area contributed by atoms with Gasteiger partial charge in [-0.05, 0) is 24.6 Å². The van der Waals surface area contributed by atoms with Crippen molar-refractivity contribution in [1.29, 1.82) is 0 Å². The van der Waals surface area contributed by atoms with E-state index >= 15 is 0 Å². The summed E-state index contributed by atoms with van der Waals surface area (Å²) in [5.74, 6) is -0.0572. The van der Waals surface area contributed by atoms with Gasteiger partial charge >= 0.3 is 0 Å². The molecule has 0 heterocycles. The van der Waals surface area contributed by atoms with Gasteiger partial charge in [0.2, 0.25) is 0 Å². The molecule has 0 fully saturated rings. The SMILES string of the molecule is COc1ccc(C(C)NN(C)C)cc1F. The molecule has 0 spiro atoms. The fourth-order valence-corrected chi connectivity index (χ4v) is 1.41. The lowest BCUT2D eigenvalue weighted by Gasteiger charge is -2.19. The summed E-state index contributed by atoms with van der Waals surface area (Å²) in [4.78, 5) is 0. The van der Waals surface area contributed by atoms with Crippen LogP contribution in [0.15, 0.2) is 18.2 Å². The lowest BCUT2D eigenvalue weighted by molar-refractivity contribution is 0.251. The minimum atomic E-state index is -0.331. The molecule has 1 aromatic rings. The molecular formula is C11H17FN2O. The zero-order valence-corrected chi connectivity index (χ0v) is 9.54. The molecular weight excluding hydrogens is 195 g/mol. The Morgan fingerprint density at radius 3 is 2.53 bits per heavy atom. The van der Waals surface area contributed by atoms with E-state index in [2.05, 4.69) is 5.43 Å². The molecule has 0 radical (unpaired) electrons. The van der Waals surface area contributed by atoms with Gasteiger partial charge < -0.3 is 4.74 Å². The van der Waals surface area contributed by atoms with Gasteiger partial charge in [0, 0.05) is 20.1 Å². The van der Waals surface area contributed by atoms with Crippen molar-refractivity contribution in [2.24, 2.45) is 0 Å². The maximum Gasteiger partial charge on any atom is 0.165 e. The number of halogens is 1. The molecule has 0 saturated heterocycles. The molecule has 1 N–H and O–H groups in total. The Morgan fingerprint density at radius 2 is 2.07 bits per heavy atom. The van der Waals surface area contributed by atoms with Crippen molar-refractivity contribution in [3.8, 4) is 5.75 Å². The van der Waals surface area contributed by atoms with Crippen LogP contribution in [0.4, 0.5) is 4.39 Å². The van der Waals surface area contributed by atoms with Crippen LogP contribution >= 0.6 is 0 Å². The minimum Gasteiger partial charge on any atom is -0.494 e. The smallest absolute Gasteiger partial charge is 0.165 e. The molecule has 1 unspecified atom stereocenters. The Kier molecular flexibility index (Phi) is 4.05. The molecule has 0 amide bonds. The van der Waals surface area contributed by atoms with Gasteiger partial charge in [0.1, 0.15) is 0 Å². The van der Waals surface area contributed by atoms with Crippen LogP contribution < -0.4 is 10.2 Å². The summed E-state index contributed by atoms with van der Waals surface area (Å²) >= 11 is 0. The van der Waals surface area contributed by atoms with Gasteiger partial charge in [-0.25, -0.2) is 9.82 Å². The first kappa shape index (κ1) is 11.9. The topological polar surface area (TPSA) is 24.5 Å². The largest absolute Gasteiger partial charge is 0.494 e. The van der Waals surface area contributed by atoms with E-state index in [1.54, 1.807) is 6.07 Å². The number of hydrogen-bond donors (Lipinski definition) is 1. The first-order chi connectivity index (χ1) is 7.04. The number of ether oxygens (including phenoxy) is 1. The number of benzene rings is 1. The lowest BCUT2D eigenvalue weighted by atomic mass is 10.1. The number of hydrazine groups is 1. The third-order valence-corrected chi connectivity index (χ3v) is 2.13. The Hall–Kier alpha value is -1.13. The van der Waals surface area contributed by atoms with Gasteiger partial charge in [-0.1, -0.05) is 6.07 Å². The first-order valence-electron chi connectivity index (χ1n) is 4.81. The zero-order chi connectivity index (χ0) is 11.4. The summed E-state index contributed by atoms with van der Waals surface area (Å²) in [5.41, 5.74) is 4.04. The fourth-order valence-electron chi connectivity index (χ4n) is 1.41. The molecule has 3 nitrogen and oxygen atoms in total. The van der Waals surface area contributed by atoms with Gasteiger partial charge in [0.05, 0.1) is 7.11 Å². The average Bonchev–Trinajstić information content (AvgIpc) is 2.16. The second kappa shape index (κ2) is 5.09. The quantitative estimate of drug-likeness (QED) is 0.772. The van der Waals surface area contributed by atoms with Crippen LogP contribution in [-0.2, 0) is 0 Å². The van der Waals surface area contributed by atoms with Crippen LogP contribution in [0.2, 0.25) is 0 Å². The van der Waals surface area contributed by atoms with Gasteiger partial charge in [0.15, 0.2) is 11.6 Å². The molecule has 1 aromatic carbocycles. The highest BCUT2D eigenvalue weighted by atomic mass is 19.1. The molecule has 0 bridgehead atoms. The zero-order valence-electron chi connectivity index (χ0n) is 9.54. The predicted molar refractivity (Wildman–Crippen MR) is 58.2 cm³/mol. The number of nitrogens with one attached hydrogen (secondary N) is 1. The van der Waals surface area contributed by atoms with Crippen LogP contribution in [0.5, 0.6) is 5.75 Å². The molecule has 0 saturated carbocycles. The van der Waals surface area contributed by atoms with Gasteiger partial charge in [-0.15, -0.1) is 0 Å². The van der Waals surface area contributed by atoms with Crippen LogP contribution in [0, 0.1) is 5.82 Å². The Morgan fingerprint density at radius 1 is 1.40 bits per heavy atom. The fraction of sp³-hybridized carbons (Fsp3) is 0.455. The van der Waals surface area contributed by atoms with E-state index in [4.69, 9.17) is 4.74 Å². The molecule has 0 aliphatic heterocycles. The minimum absolute atomic E-state index is 0.0698. The maximum absolute atomic E-state index is 13.4. The highest BCUT2D eigenvalue weighted by Crippen LogP contribution is 2.21. The van der Waals surface area contributed by atoms with Crippen LogP contribution in [0.25, 0.3) is 0 Å². The summed E-state index contributed by atoms with van der Waals surface area (Å²) in [6.45, 7) is 1.97. The monoisotopic (exact) mass is 212 g/mol. The second-order valence-corrected chi connectivity index (χ2v) is 3.64. The van der Waals surface area contributed by atoms with E-state index in [-0.39, 0.29) is 17.6 Å². The molecule has 0 aliphatic rings. The summed E-state index contributed by atoms with van der Waals surface area (Å²) in [6.07, 6.45) is 0. The van der Waals surface area contributed by atoms with E-state index in [0.717, 1.165) is 5.56 Å². The van der Waals surface area contributed by atoms with Gasteiger partial charge in [-0.3, -0.25) is 5.01 Å². The molecule has 4 heteroatoms. The van der Waals surface area contributed by atoms with Crippen molar-refractivity contribution >= 4 is 0 Å². The van der Waals surface area contributed by atoms with Crippen molar-refractivity contribution in [3.05, 3.63) is 29.6 Å². The standard InChI is InChI=1S/C11H17FN2O/c1-8(13-14(2)3)9-5-6-11(15-4)10(12)7-9/h5-8,13H,1-4H3. The highest BCUT2D eigenvalue weighted by Gasteiger charge is 2.09. The predicted octanol–water partition coefficient (Wildman–Crippen LogP) is 1.96. The van der Waals surface area contributed by atoms with Gasteiger partial charge in [-0.2, -0.15) is 0 Å². The molecule has 0 aliphatic carbocycles. The second-order valence-electron chi connectivity index (χ2n) is 3.64. The Balaban J connectivity index is 2.82. The molecule has 1 atom stereocenters. The molecule has 0 aromatic heterocycles. The Labute approximate surface area is 89.8 Å². The third-order valence-electron chi connectivity index (χ3n) is 2.13. The summed E-state index contributed by atoms with van der Waals surface area (Å²) in [7, 11) is 5.26. The molecule has 15 heavy (non-hydrogen) atoms. The normalized spacial score (nSPS) is 12.9. The molecule has 1 rings (SSSR count). The first-order valence-corrected chi connectivity index (χ1v) is 4.81. The van der Waals surface area contributed by atoms with Crippen molar-refractivity contribution < 1.29 is 9.13 Å². The van der Waals surface area contributed by atoms with Crippen LogP contribution in [0.3, 0.4) is 0 Å². The van der Waals surface area contributed by atoms with Crippen molar-refractivity contribution in [3.63, 3.8) is 0 Å². The van der Waals surface area contributed by atoms with Crippen LogP contribution in [0.1, 0.15) is 18.5 Å². The van der Waals surface area contributed by atoms with E-state index in [9.17, 15) is 4.39 Å². The van der Waals surface area contributed by atoms with E-state index in [0.29, 0.717) is 0 Å². The van der Waals surface area contributed by atoms with Crippen molar-refractivity contribution in [2.75, 3.05) is 21.2 Å². The van der Waals surface area contributed by atoms with Crippen LogP contribution in [-0.4, -0.2) is 26.2 Å². The number of rotatable bonds is 4. The lowest BCUT2D eigenvalue weighted by Crippen LogP contribution is -2.32. The Bertz CT molecular complexity index is 328. The van der Waals surface area contributed by atoms with Crippen molar-refractivity contribution in [1.82, 2.24) is 10.4 Å². The summed E-state index contributed by atoms with van der Waals surface area (Å²) in [5, 5.41) is 1.84.